The molecule has 0 spiro atoms. The van der Waals surface area contributed by atoms with Gasteiger partial charge in [0, 0.05) is 31.6 Å². The molecule has 0 aliphatic heterocycles. The highest BCUT2D eigenvalue weighted by Gasteiger charge is 2.34. The number of benzene rings is 3. The summed E-state index contributed by atoms with van der Waals surface area (Å²) in [7, 11) is -4.06. The minimum atomic E-state index is -4.06. The number of anilines is 1. The number of nitro groups is 1. The molecule has 42 heavy (non-hydrogen) atoms. The lowest BCUT2D eigenvalue weighted by Crippen LogP contribution is -2.53. The first-order valence-corrected chi connectivity index (χ1v) is 15.5. The summed E-state index contributed by atoms with van der Waals surface area (Å²) in [6, 6.07) is 19.7. The van der Waals surface area contributed by atoms with Crippen molar-refractivity contribution >= 4 is 33.2 Å². The Hall–Kier alpha value is -4.25. The third-order valence-corrected chi connectivity index (χ3v) is 8.04. The predicted molar refractivity (Wildman–Crippen MR) is 164 cm³/mol. The van der Waals surface area contributed by atoms with Gasteiger partial charge in [-0.15, -0.1) is 0 Å². The van der Waals surface area contributed by atoms with Crippen molar-refractivity contribution < 1.29 is 22.9 Å². The molecule has 3 aromatic carbocycles. The Morgan fingerprint density at radius 3 is 2.19 bits per heavy atom. The Kier molecular flexibility index (Phi) is 10.8. The molecule has 10 nitrogen and oxygen atoms in total. The van der Waals surface area contributed by atoms with Gasteiger partial charge in [-0.1, -0.05) is 74.5 Å². The van der Waals surface area contributed by atoms with E-state index in [4.69, 9.17) is 0 Å². The molecular weight excluding hydrogens is 556 g/mol. The zero-order valence-electron chi connectivity index (χ0n) is 24.6. The van der Waals surface area contributed by atoms with E-state index in [-0.39, 0.29) is 36.2 Å². The van der Waals surface area contributed by atoms with Crippen LogP contribution in [0.1, 0.15) is 36.1 Å². The van der Waals surface area contributed by atoms with Gasteiger partial charge < -0.3 is 10.2 Å². The average Bonchev–Trinajstić information content (AvgIpc) is 2.93. The zero-order valence-corrected chi connectivity index (χ0v) is 25.4. The molecule has 0 aliphatic carbocycles. The molecular formula is C31H38N4O6S. The molecule has 0 heterocycles. The third-order valence-electron chi connectivity index (χ3n) is 6.91. The second-order valence-electron chi connectivity index (χ2n) is 10.8. The molecule has 3 aromatic rings. The molecule has 0 bridgehead atoms. The number of carbonyl (C=O) groups is 2. The lowest BCUT2D eigenvalue weighted by molar-refractivity contribution is -0.384. The summed E-state index contributed by atoms with van der Waals surface area (Å²) >= 11 is 0. The van der Waals surface area contributed by atoms with Gasteiger partial charge in [-0.2, -0.15) is 0 Å². The summed E-state index contributed by atoms with van der Waals surface area (Å²) in [4.78, 5) is 40.1. The lowest BCUT2D eigenvalue weighted by Gasteiger charge is -2.34. The van der Waals surface area contributed by atoms with E-state index in [1.165, 1.54) is 17.0 Å². The highest BCUT2D eigenvalue weighted by atomic mass is 32.2. The number of nitro benzene ring substituents is 1. The summed E-state index contributed by atoms with van der Waals surface area (Å²) < 4.78 is 26.9. The van der Waals surface area contributed by atoms with Gasteiger partial charge in [-0.3, -0.25) is 24.0 Å². The molecule has 0 saturated heterocycles. The van der Waals surface area contributed by atoms with Crippen LogP contribution in [0.15, 0.2) is 72.8 Å². The number of amides is 2. The fraction of sp³-hybridized carbons (Fsp3) is 0.355. The predicted octanol–water partition coefficient (Wildman–Crippen LogP) is 4.39. The van der Waals surface area contributed by atoms with Crippen molar-refractivity contribution in [3.05, 3.63) is 105 Å². The number of non-ortho nitro benzene ring substituents is 1. The standard InChI is InChI=1S/C31H38N4O6S/c1-22(2)19-32-31(37)29(17-25-12-7-6-8-13-25)33(20-26-14-10-9-11-23(26)3)30(36)21-34(42(5,40)41)28-18-27(35(38)39)16-15-24(28)4/h6-16,18,22,29H,17,19-21H2,1-5H3,(H,32,37)/t29-/m0/s1. The summed E-state index contributed by atoms with van der Waals surface area (Å²) in [5.74, 6) is -0.799. The van der Waals surface area contributed by atoms with Gasteiger partial charge in [0.15, 0.2) is 0 Å². The van der Waals surface area contributed by atoms with Crippen LogP contribution in [0.25, 0.3) is 0 Å². The van der Waals surface area contributed by atoms with Crippen molar-refractivity contribution in [3.63, 3.8) is 0 Å². The van der Waals surface area contributed by atoms with Crippen molar-refractivity contribution in [1.29, 1.82) is 0 Å². The monoisotopic (exact) mass is 594 g/mol. The number of hydrogen-bond donors (Lipinski definition) is 1. The van der Waals surface area contributed by atoms with E-state index in [0.717, 1.165) is 33.3 Å². The Bertz CT molecular complexity index is 1530. The van der Waals surface area contributed by atoms with Crippen LogP contribution in [0.5, 0.6) is 0 Å². The maximum absolute atomic E-state index is 14.2. The van der Waals surface area contributed by atoms with Crippen LogP contribution in [0.4, 0.5) is 11.4 Å². The van der Waals surface area contributed by atoms with Crippen LogP contribution in [0.3, 0.4) is 0 Å². The quantitative estimate of drug-likeness (QED) is 0.231. The molecule has 11 heteroatoms. The molecule has 0 unspecified atom stereocenters. The van der Waals surface area contributed by atoms with Gasteiger partial charge in [0.2, 0.25) is 21.8 Å². The maximum atomic E-state index is 14.2. The molecule has 2 amide bonds. The molecule has 0 aromatic heterocycles. The second-order valence-corrected chi connectivity index (χ2v) is 12.7. The average molecular weight is 595 g/mol. The number of rotatable bonds is 13. The molecule has 1 atom stereocenters. The van der Waals surface area contributed by atoms with Crippen LogP contribution < -0.4 is 9.62 Å². The summed E-state index contributed by atoms with van der Waals surface area (Å²) in [5.41, 5.74) is 2.71. The lowest BCUT2D eigenvalue weighted by atomic mass is 10.0. The molecule has 0 fully saturated rings. The second kappa shape index (κ2) is 14.1. The van der Waals surface area contributed by atoms with E-state index in [0.29, 0.717) is 12.1 Å². The van der Waals surface area contributed by atoms with E-state index in [9.17, 15) is 28.1 Å². The van der Waals surface area contributed by atoms with E-state index in [2.05, 4.69) is 5.32 Å². The van der Waals surface area contributed by atoms with Crippen LogP contribution >= 0.6 is 0 Å². The van der Waals surface area contributed by atoms with Gasteiger partial charge in [0.25, 0.3) is 5.69 Å². The summed E-state index contributed by atoms with van der Waals surface area (Å²) in [5, 5.41) is 14.4. The number of carbonyl (C=O) groups excluding carboxylic acids is 2. The van der Waals surface area contributed by atoms with Crippen LogP contribution in [0, 0.1) is 29.9 Å². The Labute approximate surface area is 247 Å². The van der Waals surface area contributed by atoms with Crippen LogP contribution in [0.2, 0.25) is 0 Å². The molecule has 0 saturated carbocycles. The smallest absolute Gasteiger partial charge is 0.271 e. The highest BCUT2D eigenvalue weighted by Crippen LogP contribution is 2.28. The van der Waals surface area contributed by atoms with Crippen LogP contribution in [-0.4, -0.2) is 55.4 Å². The molecule has 3 rings (SSSR count). The van der Waals surface area contributed by atoms with Gasteiger partial charge in [0.1, 0.15) is 12.6 Å². The largest absolute Gasteiger partial charge is 0.354 e. The SMILES string of the molecule is Cc1ccccc1CN(C(=O)CN(c1cc([N+](=O)[O-])ccc1C)S(C)(=O)=O)[C@@H](Cc1ccccc1)C(=O)NCC(C)C. The van der Waals surface area contributed by atoms with Crippen molar-refractivity contribution in [2.24, 2.45) is 5.92 Å². The normalized spacial score (nSPS) is 12.0. The van der Waals surface area contributed by atoms with E-state index < -0.39 is 33.4 Å². The molecule has 224 valence electrons. The Morgan fingerprint density at radius 1 is 0.952 bits per heavy atom. The first-order chi connectivity index (χ1) is 19.8. The molecule has 0 aliphatic rings. The number of aryl methyl sites for hydroxylation is 2. The number of hydrogen-bond acceptors (Lipinski definition) is 6. The number of nitrogens with one attached hydrogen (secondary N) is 1. The van der Waals surface area contributed by atoms with E-state index >= 15 is 0 Å². The summed E-state index contributed by atoms with van der Waals surface area (Å²) in [6.07, 6.45) is 1.15. The molecule has 1 N–H and O–H groups in total. The fourth-order valence-corrected chi connectivity index (χ4v) is 5.42. The van der Waals surface area contributed by atoms with Gasteiger partial charge >= 0.3 is 0 Å². The first kappa shape index (κ1) is 32.3. The molecule has 0 radical (unpaired) electrons. The minimum Gasteiger partial charge on any atom is -0.354 e. The fourth-order valence-electron chi connectivity index (χ4n) is 4.52. The Morgan fingerprint density at radius 2 is 1.60 bits per heavy atom. The van der Waals surface area contributed by atoms with Crippen molar-refractivity contribution in [2.45, 2.75) is 46.7 Å². The van der Waals surface area contributed by atoms with Gasteiger partial charge in [-0.25, -0.2) is 8.42 Å². The first-order valence-electron chi connectivity index (χ1n) is 13.7. The highest BCUT2D eigenvalue weighted by molar-refractivity contribution is 7.92. The maximum Gasteiger partial charge on any atom is 0.271 e. The Balaban J connectivity index is 2.11. The third kappa shape index (κ3) is 8.62. The minimum absolute atomic E-state index is 0.0276. The van der Waals surface area contributed by atoms with Crippen LogP contribution in [-0.2, 0) is 32.6 Å². The topological polar surface area (TPSA) is 130 Å². The van der Waals surface area contributed by atoms with Crippen molar-refractivity contribution in [2.75, 3.05) is 23.7 Å². The van der Waals surface area contributed by atoms with Gasteiger partial charge in [0.05, 0.1) is 16.9 Å². The number of sulfonamides is 1. The number of nitrogens with zero attached hydrogens (tertiary/aromatic N) is 3. The summed E-state index contributed by atoms with van der Waals surface area (Å²) in [6.45, 7) is 7.27. The van der Waals surface area contributed by atoms with E-state index in [1.807, 2.05) is 75.4 Å². The van der Waals surface area contributed by atoms with Gasteiger partial charge in [-0.05, 0) is 42.0 Å². The van der Waals surface area contributed by atoms with E-state index in [1.54, 1.807) is 6.92 Å². The van der Waals surface area contributed by atoms with Crippen molar-refractivity contribution in [3.8, 4) is 0 Å². The van der Waals surface area contributed by atoms with Crippen molar-refractivity contribution in [1.82, 2.24) is 10.2 Å². The zero-order chi connectivity index (χ0) is 31.0.